The van der Waals surface area contributed by atoms with Crippen LogP contribution in [0.3, 0.4) is 0 Å². The molecule has 1 aromatic rings. The van der Waals surface area contributed by atoms with E-state index in [4.69, 9.17) is 9.47 Å². The van der Waals surface area contributed by atoms with Crippen LogP contribution in [0.1, 0.15) is 52.0 Å². The molecule has 0 spiro atoms. The van der Waals surface area contributed by atoms with E-state index in [-0.39, 0.29) is 0 Å². The minimum atomic E-state index is 0.335. The van der Waals surface area contributed by atoms with Gasteiger partial charge >= 0.3 is 0 Å². The maximum Gasteiger partial charge on any atom is 0.161 e. The Kier molecular flexibility index (Phi) is 5.92. The van der Waals surface area contributed by atoms with Crippen LogP contribution in [-0.4, -0.2) is 19.3 Å². The maximum atomic E-state index is 6.18. The predicted molar refractivity (Wildman–Crippen MR) is 87.0 cm³/mol. The van der Waals surface area contributed by atoms with Gasteiger partial charge in [-0.3, -0.25) is 0 Å². The predicted octanol–water partition coefficient (Wildman–Crippen LogP) is 4.15. The second-order valence-electron chi connectivity index (χ2n) is 6.53. The number of hydrogen-bond acceptors (Lipinski definition) is 3. The Labute approximate surface area is 129 Å². The molecule has 0 aliphatic heterocycles. The van der Waals surface area contributed by atoms with Crippen molar-refractivity contribution in [1.29, 1.82) is 0 Å². The largest absolute Gasteiger partial charge is 0.493 e. The number of hydrogen-bond donors (Lipinski definition) is 1. The maximum absolute atomic E-state index is 6.18. The fourth-order valence-corrected chi connectivity index (χ4v) is 2.91. The zero-order valence-electron chi connectivity index (χ0n) is 13.8. The Balaban J connectivity index is 2.01. The zero-order valence-corrected chi connectivity index (χ0v) is 13.8. The van der Waals surface area contributed by atoms with Crippen LogP contribution in [-0.2, 0) is 6.54 Å². The van der Waals surface area contributed by atoms with Crippen molar-refractivity contribution in [3.63, 3.8) is 0 Å². The molecule has 0 amide bonds. The fraction of sp³-hybridized carbons (Fsp3) is 0.667. The third kappa shape index (κ3) is 4.92. The normalized spacial score (nSPS) is 22.3. The summed E-state index contributed by atoms with van der Waals surface area (Å²) in [5.74, 6) is 2.49. The van der Waals surface area contributed by atoms with Crippen LogP contribution in [0.25, 0.3) is 0 Å². The molecule has 1 saturated carbocycles. The molecule has 1 aromatic carbocycles. The average molecular weight is 291 g/mol. The molecule has 1 aliphatic rings. The lowest BCUT2D eigenvalue weighted by atomic mass is 9.89. The van der Waals surface area contributed by atoms with Crippen LogP contribution < -0.4 is 14.8 Å². The van der Waals surface area contributed by atoms with Crippen LogP contribution >= 0.6 is 0 Å². The van der Waals surface area contributed by atoms with E-state index in [0.29, 0.717) is 12.1 Å². The SMILES string of the molecule is COc1cc(CNC(C)C)ccc1OC1CCCC(C)C1. The van der Waals surface area contributed by atoms with Gasteiger partial charge in [0, 0.05) is 12.6 Å². The molecule has 118 valence electrons. The van der Waals surface area contributed by atoms with Crippen LogP contribution in [0.2, 0.25) is 0 Å². The number of methoxy groups -OCH3 is 1. The van der Waals surface area contributed by atoms with Gasteiger partial charge in [-0.25, -0.2) is 0 Å². The monoisotopic (exact) mass is 291 g/mol. The molecular weight excluding hydrogens is 262 g/mol. The summed E-state index contributed by atoms with van der Waals surface area (Å²) in [7, 11) is 1.71. The molecule has 0 saturated heterocycles. The smallest absolute Gasteiger partial charge is 0.161 e. The van der Waals surface area contributed by atoms with E-state index in [1.807, 2.05) is 0 Å². The summed E-state index contributed by atoms with van der Waals surface area (Å²) in [6, 6.07) is 6.74. The standard InChI is InChI=1S/C18H29NO2/c1-13(2)19-12-15-8-9-17(18(11-15)20-4)21-16-7-5-6-14(3)10-16/h8-9,11,13-14,16,19H,5-7,10,12H2,1-4H3. The summed E-state index contributed by atoms with van der Waals surface area (Å²) >= 11 is 0. The molecule has 21 heavy (non-hydrogen) atoms. The van der Waals surface area contributed by atoms with Crippen LogP contribution in [0.4, 0.5) is 0 Å². The summed E-state index contributed by atoms with van der Waals surface area (Å²) in [4.78, 5) is 0. The zero-order chi connectivity index (χ0) is 15.2. The van der Waals surface area contributed by atoms with E-state index in [9.17, 15) is 0 Å². The summed E-state index contributed by atoms with van der Waals surface area (Å²) in [5, 5.41) is 3.42. The Morgan fingerprint density at radius 1 is 1.24 bits per heavy atom. The third-order valence-corrected chi connectivity index (χ3v) is 4.12. The van der Waals surface area contributed by atoms with E-state index in [0.717, 1.165) is 36.8 Å². The molecule has 2 atom stereocenters. The second-order valence-corrected chi connectivity index (χ2v) is 6.53. The van der Waals surface area contributed by atoms with Gasteiger partial charge < -0.3 is 14.8 Å². The topological polar surface area (TPSA) is 30.5 Å². The van der Waals surface area contributed by atoms with Crippen LogP contribution in [0.5, 0.6) is 11.5 Å². The van der Waals surface area contributed by atoms with Crippen LogP contribution in [0, 0.1) is 5.92 Å². The number of nitrogens with one attached hydrogen (secondary N) is 1. The Morgan fingerprint density at radius 2 is 2.05 bits per heavy atom. The molecule has 3 nitrogen and oxygen atoms in total. The first kappa shape index (κ1) is 16.2. The molecule has 0 heterocycles. The molecule has 1 fully saturated rings. The second kappa shape index (κ2) is 7.69. The molecule has 0 aromatic heterocycles. The first-order valence-corrected chi connectivity index (χ1v) is 8.15. The Hall–Kier alpha value is -1.22. The summed E-state index contributed by atoms with van der Waals surface area (Å²) in [6.45, 7) is 7.47. The lowest BCUT2D eigenvalue weighted by Crippen LogP contribution is -2.24. The summed E-state index contributed by atoms with van der Waals surface area (Å²) in [5.41, 5.74) is 1.23. The minimum Gasteiger partial charge on any atom is -0.493 e. The first-order valence-electron chi connectivity index (χ1n) is 8.15. The Morgan fingerprint density at radius 3 is 2.71 bits per heavy atom. The van der Waals surface area contributed by atoms with Gasteiger partial charge in [-0.1, -0.05) is 33.3 Å². The highest BCUT2D eigenvalue weighted by Crippen LogP contribution is 2.33. The van der Waals surface area contributed by atoms with Crippen LogP contribution in [0.15, 0.2) is 18.2 Å². The van der Waals surface area contributed by atoms with Gasteiger partial charge in [-0.05, 0) is 42.9 Å². The fourth-order valence-electron chi connectivity index (χ4n) is 2.91. The van der Waals surface area contributed by atoms with Crippen molar-refractivity contribution in [2.45, 2.75) is 65.1 Å². The van der Waals surface area contributed by atoms with E-state index in [1.165, 1.54) is 18.4 Å². The molecule has 3 heteroatoms. The van der Waals surface area contributed by atoms with Crippen molar-refractivity contribution in [2.75, 3.05) is 7.11 Å². The van der Waals surface area contributed by atoms with Gasteiger partial charge in [-0.2, -0.15) is 0 Å². The van der Waals surface area contributed by atoms with Crippen molar-refractivity contribution in [3.8, 4) is 11.5 Å². The molecule has 2 unspecified atom stereocenters. The van der Waals surface area contributed by atoms with E-state index < -0.39 is 0 Å². The first-order chi connectivity index (χ1) is 10.1. The van der Waals surface area contributed by atoms with Gasteiger partial charge in [0.15, 0.2) is 11.5 Å². The van der Waals surface area contributed by atoms with E-state index >= 15 is 0 Å². The quantitative estimate of drug-likeness (QED) is 0.854. The highest BCUT2D eigenvalue weighted by molar-refractivity contribution is 5.43. The molecule has 2 rings (SSSR count). The van der Waals surface area contributed by atoms with Crippen molar-refractivity contribution >= 4 is 0 Å². The Bertz CT molecular complexity index is 445. The molecule has 1 aliphatic carbocycles. The van der Waals surface area contributed by atoms with Gasteiger partial charge in [0.2, 0.25) is 0 Å². The van der Waals surface area contributed by atoms with E-state index in [2.05, 4.69) is 44.3 Å². The number of benzene rings is 1. The van der Waals surface area contributed by atoms with Crippen molar-refractivity contribution in [1.82, 2.24) is 5.32 Å². The number of rotatable bonds is 6. The lowest BCUT2D eigenvalue weighted by Gasteiger charge is -2.28. The highest BCUT2D eigenvalue weighted by atomic mass is 16.5. The lowest BCUT2D eigenvalue weighted by molar-refractivity contribution is 0.125. The minimum absolute atomic E-state index is 0.335. The van der Waals surface area contributed by atoms with Gasteiger partial charge in [0.05, 0.1) is 13.2 Å². The molecule has 1 N–H and O–H groups in total. The molecule has 0 bridgehead atoms. The van der Waals surface area contributed by atoms with Crippen molar-refractivity contribution in [3.05, 3.63) is 23.8 Å². The third-order valence-electron chi connectivity index (χ3n) is 4.12. The average Bonchev–Trinajstić information content (AvgIpc) is 2.46. The van der Waals surface area contributed by atoms with Crippen molar-refractivity contribution in [2.24, 2.45) is 5.92 Å². The van der Waals surface area contributed by atoms with Gasteiger partial charge in [0.1, 0.15) is 0 Å². The molecule has 0 radical (unpaired) electrons. The number of ether oxygens (including phenoxy) is 2. The summed E-state index contributed by atoms with van der Waals surface area (Å²) < 4.78 is 11.7. The van der Waals surface area contributed by atoms with Crippen molar-refractivity contribution < 1.29 is 9.47 Å². The van der Waals surface area contributed by atoms with E-state index in [1.54, 1.807) is 7.11 Å². The highest BCUT2D eigenvalue weighted by Gasteiger charge is 2.21. The summed E-state index contributed by atoms with van der Waals surface area (Å²) in [6.07, 6.45) is 5.24. The molecular formula is C18H29NO2. The van der Waals surface area contributed by atoms with Gasteiger partial charge in [0.25, 0.3) is 0 Å². The van der Waals surface area contributed by atoms with Gasteiger partial charge in [-0.15, -0.1) is 0 Å².